The first-order chi connectivity index (χ1) is 11.8. The predicted molar refractivity (Wildman–Crippen MR) is 101 cm³/mol. The second-order valence-electron chi connectivity index (χ2n) is 5.85. The Morgan fingerprint density at radius 1 is 0.750 bits per heavy atom. The minimum Gasteiger partial charge on any atom is -0.369 e. The maximum Gasteiger partial charge on any atom is 0.0869 e. The van der Waals surface area contributed by atoms with Gasteiger partial charge in [-0.05, 0) is 22.3 Å². The van der Waals surface area contributed by atoms with Crippen LogP contribution in [0.2, 0.25) is 0 Å². The summed E-state index contributed by atoms with van der Waals surface area (Å²) in [5, 5.41) is 0. The van der Waals surface area contributed by atoms with Gasteiger partial charge in [0.15, 0.2) is 0 Å². The highest BCUT2D eigenvalue weighted by Gasteiger charge is 2.13. The Balaban J connectivity index is 1.75. The first kappa shape index (κ1) is 16.2. The second kappa shape index (κ2) is 8.28. The Morgan fingerprint density at radius 2 is 1.38 bits per heavy atom. The van der Waals surface area contributed by atoms with Crippen LogP contribution in [0.15, 0.2) is 91.5 Å². The van der Waals surface area contributed by atoms with Crippen LogP contribution in [-0.4, -0.2) is 0 Å². The minimum absolute atomic E-state index is 0.0426. The van der Waals surface area contributed by atoms with Crippen molar-refractivity contribution in [2.24, 2.45) is 0 Å². The summed E-state index contributed by atoms with van der Waals surface area (Å²) in [4.78, 5) is 0. The van der Waals surface area contributed by atoms with E-state index in [9.17, 15) is 0 Å². The molecule has 1 nitrogen and oxygen atoms in total. The van der Waals surface area contributed by atoms with E-state index in [-0.39, 0.29) is 6.10 Å². The highest BCUT2D eigenvalue weighted by molar-refractivity contribution is 5.47. The molecule has 0 heterocycles. The van der Waals surface area contributed by atoms with Crippen molar-refractivity contribution in [3.63, 3.8) is 0 Å². The summed E-state index contributed by atoms with van der Waals surface area (Å²) >= 11 is 0. The van der Waals surface area contributed by atoms with Crippen LogP contribution in [0.25, 0.3) is 6.08 Å². The SMILES string of the molecule is C=Cc1ccc(CC(OCc2ccccc2)c2ccccc2)cc1. The van der Waals surface area contributed by atoms with Crippen LogP contribution in [0.1, 0.15) is 28.4 Å². The zero-order valence-electron chi connectivity index (χ0n) is 13.8. The number of hydrogen-bond acceptors (Lipinski definition) is 1. The third-order valence-corrected chi connectivity index (χ3v) is 4.10. The average Bonchev–Trinajstić information content (AvgIpc) is 2.67. The van der Waals surface area contributed by atoms with Gasteiger partial charge in [-0.2, -0.15) is 0 Å². The van der Waals surface area contributed by atoms with Gasteiger partial charge in [0.05, 0.1) is 12.7 Å². The largest absolute Gasteiger partial charge is 0.369 e. The topological polar surface area (TPSA) is 9.23 Å². The molecule has 0 saturated heterocycles. The van der Waals surface area contributed by atoms with Crippen molar-refractivity contribution in [3.05, 3.63) is 114 Å². The molecule has 0 aliphatic rings. The lowest BCUT2D eigenvalue weighted by Crippen LogP contribution is -2.08. The van der Waals surface area contributed by atoms with Gasteiger partial charge in [-0.1, -0.05) is 97.6 Å². The summed E-state index contributed by atoms with van der Waals surface area (Å²) in [5.74, 6) is 0. The monoisotopic (exact) mass is 314 g/mol. The molecule has 0 aliphatic carbocycles. The van der Waals surface area contributed by atoms with E-state index in [1.807, 2.05) is 30.3 Å². The van der Waals surface area contributed by atoms with E-state index >= 15 is 0 Å². The highest BCUT2D eigenvalue weighted by Crippen LogP contribution is 2.24. The maximum atomic E-state index is 6.25. The fourth-order valence-corrected chi connectivity index (χ4v) is 2.72. The molecule has 0 radical (unpaired) electrons. The third-order valence-electron chi connectivity index (χ3n) is 4.10. The Kier molecular flexibility index (Phi) is 5.60. The molecule has 24 heavy (non-hydrogen) atoms. The van der Waals surface area contributed by atoms with Crippen LogP contribution < -0.4 is 0 Å². The molecular formula is C23H22O. The quantitative estimate of drug-likeness (QED) is 0.533. The van der Waals surface area contributed by atoms with Crippen molar-refractivity contribution in [1.29, 1.82) is 0 Å². The number of benzene rings is 3. The van der Waals surface area contributed by atoms with Crippen LogP contribution >= 0.6 is 0 Å². The van der Waals surface area contributed by atoms with Crippen molar-refractivity contribution in [1.82, 2.24) is 0 Å². The molecule has 0 spiro atoms. The lowest BCUT2D eigenvalue weighted by Gasteiger charge is -2.19. The molecule has 3 aromatic carbocycles. The van der Waals surface area contributed by atoms with Crippen LogP contribution in [0.5, 0.6) is 0 Å². The molecule has 3 aromatic rings. The molecule has 0 aliphatic heterocycles. The van der Waals surface area contributed by atoms with E-state index in [4.69, 9.17) is 4.74 Å². The number of rotatable bonds is 7. The lowest BCUT2D eigenvalue weighted by atomic mass is 10.00. The molecule has 1 heteroatoms. The molecule has 3 rings (SSSR count). The van der Waals surface area contributed by atoms with Gasteiger partial charge in [0.25, 0.3) is 0 Å². The van der Waals surface area contributed by atoms with E-state index in [1.54, 1.807) is 0 Å². The van der Waals surface area contributed by atoms with Gasteiger partial charge in [-0.15, -0.1) is 0 Å². The van der Waals surface area contributed by atoms with E-state index < -0.39 is 0 Å². The van der Waals surface area contributed by atoms with Gasteiger partial charge in [-0.3, -0.25) is 0 Å². The molecule has 0 aromatic heterocycles. The number of hydrogen-bond donors (Lipinski definition) is 0. The standard InChI is InChI=1S/C23H22O/c1-2-19-13-15-20(16-14-19)17-23(22-11-7-4-8-12-22)24-18-21-9-5-3-6-10-21/h2-16,23H,1,17-18H2. The first-order valence-corrected chi connectivity index (χ1v) is 8.27. The molecule has 0 fully saturated rings. The smallest absolute Gasteiger partial charge is 0.0869 e. The summed E-state index contributed by atoms with van der Waals surface area (Å²) < 4.78 is 6.25. The fourth-order valence-electron chi connectivity index (χ4n) is 2.72. The predicted octanol–water partition coefficient (Wildman–Crippen LogP) is 5.83. The van der Waals surface area contributed by atoms with Gasteiger partial charge in [0.1, 0.15) is 0 Å². The Bertz CT molecular complexity index is 745. The van der Waals surface area contributed by atoms with Crippen LogP contribution in [0.3, 0.4) is 0 Å². The molecule has 1 atom stereocenters. The van der Waals surface area contributed by atoms with Crippen molar-refractivity contribution in [2.75, 3.05) is 0 Å². The van der Waals surface area contributed by atoms with Gasteiger partial charge < -0.3 is 4.74 Å². The van der Waals surface area contributed by atoms with Crippen molar-refractivity contribution in [2.45, 2.75) is 19.1 Å². The van der Waals surface area contributed by atoms with Gasteiger partial charge in [0, 0.05) is 6.42 Å². The first-order valence-electron chi connectivity index (χ1n) is 8.27. The molecular weight excluding hydrogens is 292 g/mol. The normalized spacial score (nSPS) is 11.8. The minimum atomic E-state index is 0.0426. The van der Waals surface area contributed by atoms with Crippen LogP contribution in [0.4, 0.5) is 0 Å². The lowest BCUT2D eigenvalue weighted by molar-refractivity contribution is 0.0399. The van der Waals surface area contributed by atoms with Crippen molar-refractivity contribution < 1.29 is 4.74 Å². The molecule has 0 amide bonds. The van der Waals surface area contributed by atoms with E-state index in [0.717, 1.165) is 12.0 Å². The third kappa shape index (κ3) is 4.43. The molecule has 0 saturated carbocycles. The van der Waals surface area contributed by atoms with E-state index in [1.165, 1.54) is 16.7 Å². The molecule has 1 unspecified atom stereocenters. The van der Waals surface area contributed by atoms with Crippen LogP contribution in [-0.2, 0) is 17.8 Å². The Morgan fingerprint density at radius 3 is 2.00 bits per heavy atom. The van der Waals surface area contributed by atoms with Gasteiger partial charge in [0.2, 0.25) is 0 Å². The molecule has 120 valence electrons. The van der Waals surface area contributed by atoms with Gasteiger partial charge >= 0.3 is 0 Å². The fraction of sp³-hybridized carbons (Fsp3) is 0.130. The zero-order chi connectivity index (χ0) is 16.6. The van der Waals surface area contributed by atoms with Crippen molar-refractivity contribution >= 4 is 6.08 Å². The van der Waals surface area contributed by atoms with Gasteiger partial charge in [-0.25, -0.2) is 0 Å². The highest BCUT2D eigenvalue weighted by atomic mass is 16.5. The summed E-state index contributed by atoms with van der Waals surface area (Å²) in [5.41, 5.74) is 4.81. The Hall–Kier alpha value is -2.64. The zero-order valence-corrected chi connectivity index (χ0v) is 13.8. The van der Waals surface area contributed by atoms with E-state index in [2.05, 4.69) is 67.2 Å². The summed E-state index contributed by atoms with van der Waals surface area (Å²) in [6.45, 7) is 4.42. The Labute approximate surface area is 144 Å². The van der Waals surface area contributed by atoms with E-state index in [0.29, 0.717) is 6.61 Å². The average molecular weight is 314 g/mol. The molecule has 0 N–H and O–H groups in total. The van der Waals surface area contributed by atoms with Crippen LogP contribution in [0, 0.1) is 0 Å². The second-order valence-corrected chi connectivity index (χ2v) is 5.85. The van der Waals surface area contributed by atoms with Crippen molar-refractivity contribution in [3.8, 4) is 0 Å². The number of ether oxygens (including phenoxy) is 1. The summed E-state index contributed by atoms with van der Waals surface area (Å²) in [6, 6.07) is 29.2. The maximum absolute atomic E-state index is 6.25. The summed E-state index contributed by atoms with van der Waals surface area (Å²) in [6.07, 6.45) is 2.76. The molecule has 0 bridgehead atoms. The summed E-state index contributed by atoms with van der Waals surface area (Å²) in [7, 11) is 0.